The minimum Gasteiger partial charge on any atom is -0.676 e. The van der Waals surface area contributed by atoms with Crippen LogP contribution in [0.5, 0.6) is 0 Å². The molecule has 0 aliphatic heterocycles. The van der Waals surface area contributed by atoms with E-state index in [0.29, 0.717) is 0 Å². The third-order valence-electron chi connectivity index (χ3n) is 3.62. The van der Waals surface area contributed by atoms with E-state index in [-0.39, 0.29) is 44.4 Å². The van der Waals surface area contributed by atoms with E-state index in [4.69, 9.17) is 11.5 Å². The van der Waals surface area contributed by atoms with E-state index in [2.05, 4.69) is 0 Å². The fourth-order valence-corrected chi connectivity index (χ4v) is 2.33. The first-order valence-electron chi connectivity index (χ1n) is 7.33. The Kier molecular flexibility index (Phi) is 10.1. The van der Waals surface area contributed by atoms with Gasteiger partial charge in [0.15, 0.2) is 0 Å². The first-order valence-corrected chi connectivity index (χ1v) is 7.33. The standard InChI is InChI=1S/C9H7NO6.C6H12N2.Pt/c11-8(12)4-5-3-6(10(15)16)1-2-7(5)9(13)14;7-5-3-1-2-4-6(5)8;/h1-3H,4H2,(H,11,12)(H,13,14);5-8H,1-4H2;/q;-2;+4/p-2. The zero-order valence-corrected chi connectivity index (χ0v) is 15.4. The number of hydrogen-bond donors (Lipinski definition) is 0. The summed E-state index contributed by atoms with van der Waals surface area (Å²) in [6.45, 7) is 0. The zero-order chi connectivity index (χ0) is 18.3. The Labute approximate surface area is 158 Å². The van der Waals surface area contributed by atoms with Crippen molar-refractivity contribution in [2.24, 2.45) is 0 Å². The van der Waals surface area contributed by atoms with Crippen LogP contribution in [-0.4, -0.2) is 28.9 Å². The average molecular weight is 530 g/mol. The van der Waals surface area contributed by atoms with Gasteiger partial charge in [-0.3, -0.25) is 10.1 Å². The van der Waals surface area contributed by atoms with Crippen molar-refractivity contribution in [1.82, 2.24) is 0 Å². The molecule has 0 spiro atoms. The molecule has 1 fully saturated rings. The van der Waals surface area contributed by atoms with Crippen molar-refractivity contribution in [2.75, 3.05) is 0 Å². The third kappa shape index (κ3) is 7.72. The average Bonchev–Trinajstić information content (AvgIpc) is 2.50. The molecule has 1 aliphatic carbocycles. The van der Waals surface area contributed by atoms with Crippen LogP contribution in [0.4, 0.5) is 5.69 Å². The van der Waals surface area contributed by atoms with Crippen molar-refractivity contribution in [1.29, 1.82) is 0 Å². The van der Waals surface area contributed by atoms with E-state index in [0.717, 1.165) is 31.0 Å². The molecule has 1 aromatic rings. The van der Waals surface area contributed by atoms with Gasteiger partial charge in [0.2, 0.25) is 0 Å². The van der Waals surface area contributed by atoms with Gasteiger partial charge in [-0.25, -0.2) is 0 Å². The summed E-state index contributed by atoms with van der Waals surface area (Å²) in [7, 11) is 0. The predicted octanol–water partition coefficient (Wildman–Crippen LogP) is 0.650. The number of carbonyl (C=O) groups is 2. The largest absolute Gasteiger partial charge is 4.00 e. The van der Waals surface area contributed by atoms with Crippen LogP contribution in [0.15, 0.2) is 18.2 Å². The molecule has 0 saturated heterocycles. The SMILES string of the molecule is O=C([O-])Cc1cc([N+](=O)[O-])ccc1C(=O)[O-].[NH-]C1CCCCC1[NH-].[Pt+4]. The van der Waals surface area contributed by atoms with E-state index in [1.165, 1.54) is 12.8 Å². The molecule has 1 aliphatic rings. The first kappa shape index (κ1) is 23.2. The van der Waals surface area contributed by atoms with Crippen LogP contribution in [0.2, 0.25) is 0 Å². The quantitative estimate of drug-likeness (QED) is 0.409. The fourth-order valence-electron chi connectivity index (χ4n) is 2.33. The summed E-state index contributed by atoms with van der Waals surface area (Å²) in [6.07, 6.45) is 3.53. The van der Waals surface area contributed by atoms with Crippen molar-refractivity contribution >= 4 is 17.6 Å². The molecule has 1 saturated carbocycles. The Morgan fingerprint density at radius 2 is 1.64 bits per heavy atom. The maximum absolute atomic E-state index is 10.6. The van der Waals surface area contributed by atoms with E-state index >= 15 is 0 Å². The molecular weight excluding hydrogens is 513 g/mol. The smallest absolute Gasteiger partial charge is 0.676 e. The maximum atomic E-state index is 10.6. The van der Waals surface area contributed by atoms with Gasteiger partial charge in [-0.2, -0.15) is 12.1 Å². The van der Waals surface area contributed by atoms with Crippen LogP contribution in [0.1, 0.15) is 41.6 Å². The van der Waals surface area contributed by atoms with Crippen LogP contribution in [-0.2, 0) is 32.3 Å². The van der Waals surface area contributed by atoms with Crippen molar-refractivity contribution < 1.29 is 45.8 Å². The van der Waals surface area contributed by atoms with Gasteiger partial charge in [0.1, 0.15) is 0 Å². The number of aliphatic carboxylic acids is 1. The van der Waals surface area contributed by atoms with Gasteiger partial charge in [0, 0.05) is 30.1 Å². The molecule has 2 N–H and O–H groups in total. The molecule has 1 aromatic carbocycles. The summed E-state index contributed by atoms with van der Waals surface area (Å²) in [5.41, 5.74) is 13.6. The third-order valence-corrected chi connectivity index (χ3v) is 3.62. The summed E-state index contributed by atoms with van der Waals surface area (Å²) in [5.74, 6) is -3.12. The van der Waals surface area contributed by atoms with Gasteiger partial charge in [-0.15, -0.1) is 0 Å². The van der Waals surface area contributed by atoms with E-state index in [9.17, 15) is 29.9 Å². The number of nitro groups is 1. The van der Waals surface area contributed by atoms with Crippen LogP contribution in [0.3, 0.4) is 0 Å². The second-order valence-corrected chi connectivity index (χ2v) is 5.43. The minimum absolute atomic E-state index is 0. The number of aromatic carboxylic acids is 1. The van der Waals surface area contributed by atoms with Gasteiger partial charge in [-0.1, -0.05) is 25.7 Å². The van der Waals surface area contributed by atoms with Crippen LogP contribution < -0.4 is 10.2 Å². The van der Waals surface area contributed by atoms with Gasteiger partial charge in [0.25, 0.3) is 5.69 Å². The summed E-state index contributed by atoms with van der Waals surface area (Å²) < 4.78 is 0. The van der Waals surface area contributed by atoms with Crippen LogP contribution >= 0.6 is 0 Å². The van der Waals surface area contributed by atoms with E-state index in [1.54, 1.807) is 0 Å². The topological polar surface area (TPSA) is 171 Å². The number of nitrogens with zero attached hydrogens (tertiary/aromatic N) is 1. The summed E-state index contributed by atoms with van der Waals surface area (Å²) in [6, 6.07) is 2.61. The summed E-state index contributed by atoms with van der Waals surface area (Å²) >= 11 is 0. The molecule has 0 bridgehead atoms. The van der Waals surface area contributed by atoms with Gasteiger partial charge < -0.3 is 31.3 Å². The molecule has 0 amide bonds. The van der Waals surface area contributed by atoms with Gasteiger partial charge in [-0.05, 0) is 11.6 Å². The number of non-ortho nitro benzene ring substituents is 1. The number of rotatable bonds is 4. The van der Waals surface area contributed by atoms with E-state index in [1.807, 2.05) is 0 Å². The molecule has 0 aromatic heterocycles. The molecule has 0 heterocycles. The molecule has 2 rings (SSSR count). The molecular formula is C15H17N3O6Pt. The summed E-state index contributed by atoms with van der Waals surface area (Å²) in [5, 5.41) is 31.3. The second-order valence-electron chi connectivity index (χ2n) is 5.43. The molecule has 138 valence electrons. The Bertz CT molecular complexity index is 615. The van der Waals surface area contributed by atoms with Crippen LogP contribution in [0, 0.1) is 10.1 Å². The first-order chi connectivity index (χ1) is 11.2. The molecule has 9 nitrogen and oxygen atoms in total. The fraction of sp³-hybridized carbons (Fsp3) is 0.467. The number of carbonyl (C=O) groups excluding carboxylic acids is 2. The molecule has 2 unspecified atom stereocenters. The molecule has 10 heteroatoms. The van der Waals surface area contributed by atoms with Gasteiger partial charge in [0.05, 0.1) is 10.9 Å². The van der Waals surface area contributed by atoms with Crippen molar-refractivity contribution in [3.63, 3.8) is 0 Å². The van der Waals surface area contributed by atoms with Gasteiger partial charge >= 0.3 is 21.1 Å². The Morgan fingerprint density at radius 1 is 1.12 bits per heavy atom. The van der Waals surface area contributed by atoms with Crippen molar-refractivity contribution in [3.05, 3.63) is 50.9 Å². The van der Waals surface area contributed by atoms with Crippen LogP contribution in [0.25, 0.3) is 11.5 Å². The molecule has 0 radical (unpaired) electrons. The Hall–Kier alpha value is -1.83. The number of nitro benzene ring substituents is 1. The van der Waals surface area contributed by atoms with E-state index < -0.39 is 28.8 Å². The van der Waals surface area contributed by atoms with Crippen molar-refractivity contribution in [3.8, 4) is 0 Å². The number of carboxylic acids is 2. The number of hydrogen-bond acceptors (Lipinski definition) is 6. The number of nitrogens with one attached hydrogen (secondary N) is 2. The van der Waals surface area contributed by atoms with Crippen molar-refractivity contribution in [2.45, 2.75) is 44.2 Å². The zero-order valence-electron chi connectivity index (χ0n) is 13.1. The predicted molar refractivity (Wildman–Crippen MR) is 80.8 cm³/mol. The normalized spacial score (nSPS) is 19.0. The Morgan fingerprint density at radius 3 is 2.00 bits per heavy atom. The number of carboxylic acid groups (broad SMARTS) is 2. The Balaban J connectivity index is 0.000000540. The molecule has 25 heavy (non-hydrogen) atoms. The second kappa shape index (κ2) is 10.9. The summed E-state index contributed by atoms with van der Waals surface area (Å²) in [4.78, 5) is 30.6. The maximum Gasteiger partial charge on any atom is 4.00 e. The minimum atomic E-state index is -1.59. The monoisotopic (exact) mass is 530 g/mol. The molecule has 2 atom stereocenters. The number of benzene rings is 1.